The molecule has 0 aliphatic carbocycles. The van der Waals surface area contributed by atoms with Gasteiger partial charge in [-0.2, -0.15) is 0 Å². The van der Waals surface area contributed by atoms with Crippen LogP contribution in [0.25, 0.3) is 0 Å². The number of benzene rings is 2. The van der Waals surface area contributed by atoms with E-state index >= 15 is 0 Å². The molecule has 0 aromatic heterocycles. The molecule has 2 aromatic carbocycles. The van der Waals surface area contributed by atoms with Gasteiger partial charge >= 0.3 is 0 Å². The molecule has 1 aliphatic heterocycles. The van der Waals surface area contributed by atoms with Crippen LogP contribution in [-0.2, 0) is 32.6 Å². The van der Waals surface area contributed by atoms with Crippen molar-refractivity contribution in [2.24, 2.45) is 5.73 Å². The monoisotopic (exact) mass is 416 g/mol. The molecule has 0 fully saturated rings. The summed E-state index contributed by atoms with van der Waals surface area (Å²) in [4.78, 5) is 26.3. The van der Waals surface area contributed by atoms with Crippen LogP contribution in [0, 0.1) is 0 Å². The van der Waals surface area contributed by atoms with E-state index in [1.54, 1.807) is 17.0 Å². The largest absolute Gasteiger partial charge is 0.368 e. The smallest absolute Gasteiger partial charge is 0.242 e. The zero-order chi connectivity index (χ0) is 21.2. The Kier molecular flexibility index (Phi) is 6.02. The molecule has 8 nitrogen and oxygen atoms in total. The molecule has 2 aromatic rings. The van der Waals surface area contributed by atoms with E-state index in [2.05, 4.69) is 5.32 Å². The van der Waals surface area contributed by atoms with E-state index in [1.807, 2.05) is 24.3 Å². The summed E-state index contributed by atoms with van der Waals surface area (Å²) in [5, 5.41) is 2.71. The zero-order valence-corrected chi connectivity index (χ0v) is 17.1. The first kappa shape index (κ1) is 21.0. The Morgan fingerprint density at radius 2 is 1.83 bits per heavy atom. The average molecular weight is 417 g/mol. The highest BCUT2D eigenvalue weighted by Gasteiger charge is 2.31. The zero-order valence-electron chi connectivity index (χ0n) is 16.3. The van der Waals surface area contributed by atoms with Crippen molar-refractivity contribution in [2.75, 3.05) is 26.0 Å². The standard InChI is InChI=1S/C20H24N4O4S/c1-23(2)29(27,28)17-9-5-8-16(11-17)22-19(25)13-24-12-15-7-4-3-6-14(15)10-18(24)20(21)26/h3-9,11,18H,10,12-13H2,1-2H3,(H2,21,26)(H,22,25). The first-order valence-corrected chi connectivity index (χ1v) is 10.5. The molecule has 154 valence electrons. The predicted molar refractivity (Wildman–Crippen MR) is 109 cm³/mol. The summed E-state index contributed by atoms with van der Waals surface area (Å²) in [5.74, 6) is -0.832. The minimum atomic E-state index is -3.61. The van der Waals surface area contributed by atoms with Crippen LogP contribution >= 0.6 is 0 Å². The second-order valence-electron chi connectivity index (χ2n) is 7.16. The van der Waals surface area contributed by atoms with Crippen molar-refractivity contribution in [3.63, 3.8) is 0 Å². The minimum absolute atomic E-state index is 0.0351. The number of nitrogens with zero attached hydrogens (tertiary/aromatic N) is 2. The van der Waals surface area contributed by atoms with Crippen molar-refractivity contribution >= 4 is 27.5 Å². The summed E-state index contributed by atoms with van der Waals surface area (Å²) in [5.41, 5.74) is 8.03. The van der Waals surface area contributed by atoms with E-state index in [9.17, 15) is 18.0 Å². The van der Waals surface area contributed by atoms with Crippen molar-refractivity contribution in [3.8, 4) is 0 Å². The van der Waals surface area contributed by atoms with Crippen LogP contribution < -0.4 is 11.1 Å². The third-order valence-electron chi connectivity index (χ3n) is 4.92. The molecule has 3 N–H and O–H groups in total. The highest BCUT2D eigenvalue weighted by atomic mass is 32.2. The van der Waals surface area contributed by atoms with Crippen LogP contribution in [-0.4, -0.2) is 56.1 Å². The van der Waals surface area contributed by atoms with Crippen molar-refractivity contribution < 1.29 is 18.0 Å². The van der Waals surface area contributed by atoms with Gasteiger partial charge in [-0.05, 0) is 35.7 Å². The van der Waals surface area contributed by atoms with Crippen LogP contribution in [0.3, 0.4) is 0 Å². The maximum Gasteiger partial charge on any atom is 0.242 e. The minimum Gasteiger partial charge on any atom is -0.368 e. The van der Waals surface area contributed by atoms with Crippen molar-refractivity contribution in [3.05, 3.63) is 59.7 Å². The van der Waals surface area contributed by atoms with E-state index < -0.39 is 22.0 Å². The topological polar surface area (TPSA) is 113 Å². The summed E-state index contributed by atoms with van der Waals surface area (Å²) < 4.78 is 25.7. The second-order valence-corrected chi connectivity index (χ2v) is 9.31. The van der Waals surface area contributed by atoms with E-state index in [0.29, 0.717) is 18.7 Å². The number of carbonyl (C=O) groups excluding carboxylic acids is 2. The molecule has 9 heteroatoms. The van der Waals surface area contributed by atoms with E-state index in [1.165, 1.54) is 26.2 Å². The number of nitrogens with one attached hydrogen (secondary N) is 1. The lowest BCUT2D eigenvalue weighted by Gasteiger charge is -2.34. The van der Waals surface area contributed by atoms with Gasteiger partial charge in [0.25, 0.3) is 0 Å². The van der Waals surface area contributed by atoms with Gasteiger partial charge in [-0.25, -0.2) is 12.7 Å². The van der Waals surface area contributed by atoms with Crippen molar-refractivity contribution in [2.45, 2.75) is 23.9 Å². The van der Waals surface area contributed by atoms with Gasteiger partial charge in [0.1, 0.15) is 0 Å². The molecule has 0 radical (unpaired) electrons. The normalized spacial score (nSPS) is 17.0. The number of anilines is 1. The van der Waals surface area contributed by atoms with Gasteiger partial charge in [-0.1, -0.05) is 30.3 Å². The fourth-order valence-electron chi connectivity index (χ4n) is 3.35. The average Bonchev–Trinajstić information content (AvgIpc) is 2.67. The maximum atomic E-state index is 12.6. The third kappa shape index (κ3) is 4.64. The lowest BCUT2D eigenvalue weighted by atomic mass is 9.93. The fraction of sp³-hybridized carbons (Fsp3) is 0.300. The van der Waals surface area contributed by atoms with Gasteiger partial charge in [-0.3, -0.25) is 14.5 Å². The number of fused-ring (bicyclic) bond motifs is 1. The van der Waals surface area contributed by atoms with E-state index in [-0.39, 0.29) is 17.3 Å². The number of carbonyl (C=O) groups is 2. The molecule has 1 aliphatic rings. The Hall–Kier alpha value is -2.75. The Bertz CT molecular complexity index is 1040. The molecule has 1 heterocycles. The summed E-state index contributed by atoms with van der Waals surface area (Å²) in [6.45, 7) is 0.402. The molecule has 3 rings (SSSR count). The molecule has 1 unspecified atom stereocenters. The SMILES string of the molecule is CN(C)S(=O)(=O)c1cccc(NC(=O)CN2Cc3ccccc3CC2C(N)=O)c1. The van der Waals surface area contributed by atoms with E-state index in [4.69, 9.17) is 5.73 Å². The first-order valence-electron chi connectivity index (χ1n) is 9.11. The second kappa shape index (κ2) is 8.32. The van der Waals surface area contributed by atoms with Gasteiger partial charge in [0.2, 0.25) is 21.8 Å². The van der Waals surface area contributed by atoms with Gasteiger partial charge in [-0.15, -0.1) is 0 Å². The Morgan fingerprint density at radius 3 is 2.48 bits per heavy atom. The fourth-order valence-corrected chi connectivity index (χ4v) is 4.30. The molecule has 1 atom stereocenters. The van der Waals surface area contributed by atoms with Gasteiger partial charge in [0.05, 0.1) is 17.5 Å². The Labute approximate surface area is 170 Å². The van der Waals surface area contributed by atoms with E-state index in [0.717, 1.165) is 15.4 Å². The quantitative estimate of drug-likeness (QED) is 0.723. The highest BCUT2D eigenvalue weighted by molar-refractivity contribution is 7.89. The summed E-state index contributed by atoms with van der Waals surface area (Å²) in [6.07, 6.45) is 0.454. The number of primary amides is 1. The maximum absolute atomic E-state index is 12.6. The van der Waals surface area contributed by atoms with Crippen LogP contribution in [0.2, 0.25) is 0 Å². The molecule has 0 bridgehead atoms. The van der Waals surface area contributed by atoms with Crippen LogP contribution in [0.15, 0.2) is 53.4 Å². The number of nitrogens with two attached hydrogens (primary N) is 1. The Morgan fingerprint density at radius 1 is 1.14 bits per heavy atom. The van der Waals surface area contributed by atoms with Crippen molar-refractivity contribution in [1.82, 2.24) is 9.21 Å². The highest BCUT2D eigenvalue weighted by Crippen LogP contribution is 2.23. The predicted octanol–water partition coefficient (Wildman–Crippen LogP) is 0.788. The van der Waals surface area contributed by atoms with Crippen LogP contribution in [0.5, 0.6) is 0 Å². The summed E-state index contributed by atoms with van der Waals surface area (Å²) >= 11 is 0. The molecule has 29 heavy (non-hydrogen) atoms. The third-order valence-corrected chi connectivity index (χ3v) is 6.73. The van der Waals surface area contributed by atoms with Gasteiger partial charge in [0, 0.05) is 26.3 Å². The van der Waals surface area contributed by atoms with Crippen molar-refractivity contribution in [1.29, 1.82) is 0 Å². The molecule has 0 spiro atoms. The lowest BCUT2D eigenvalue weighted by Crippen LogP contribution is -2.50. The summed E-state index contributed by atoms with van der Waals surface area (Å²) in [7, 11) is -0.719. The van der Waals surface area contributed by atoms with Gasteiger partial charge in [0.15, 0.2) is 0 Å². The van der Waals surface area contributed by atoms with Crippen LogP contribution in [0.1, 0.15) is 11.1 Å². The number of rotatable bonds is 6. The molecular weight excluding hydrogens is 392 g/mol. The number of hydrogen-bond donors (Lipinski definition) is 2. The first-order chi connectivity index (χ1) is 13.7. The van der Waals surface area contributed by atoms with Crippen LogP contribution in [0.4, 0.5) is 5.69 Å². The Balaban J connectivity index is 1.74. The molecule has 0 saturated heterocycles. The summed E-state index contributed by atoms with van der Waals surface area (Å²) in [6, 6.07) is 13.2. The lowest BCUT2D eigenvalue weighted by molar-refractivity contribution is -0.125. The molecule has 0 saturated carbocycles. The van der Waals surface area contributed by atoms with Gasteiger partial charge < -0.3 is 11.1 Å². The molecular formula is C20H24N4O4S. The number of amides is 2. The number of sulfonamides is 1. The molecule has 2 amide bonds. The number of hydrogen-bond acceptors (Lipinski definition) is 5.